The molecule has 4 N–H and O–H groups in total. The van der Waals surface area contributed by atoms with Crippen LogP contribution in [0, 0.1) is 6.92 Å². The van der Waals surface area contributed by atoms with Crippen molar-refractivity contribution in [2.75, 3.05) is 11.1 Å². The molecule has 0 saturated heterocycles. The molecule has 0 saturated carbocycles. The number of phenolic OH excluding ortho intramolecular Hbond substituents is 1. The fourth-order valence-electron chi connectivity index (χ4n) is 1.44. The lowest BCUT2D eigenvalue weighted by Crippen LogP contribution is -2.13. The zero-order chi connectivity index (χ0) is 13.1. The highest BCUT2D eigenvalue weighted by Gasteiger charge is 2.07. The minimum Gasteiger partial charge on any atom is -0.508 e. The van der Waals surface area contributed by atoms with Gasteiger partial charge in [0.1, 0.15) is 11.6 Å². The molecule has 1 aromatic carbocycles. The van der Waals surface area contributed by atoms with Gasteiger partial charge in [-0.1, -0.05) is 0 Å². The third-order valence-corrected chi connectivity index (χ3v) is 2.52. The lowest BCUT2D eigenvalue weighted by atomic mass is 10.2. The van der Waals surface area contributed by atoms with Gasteiger partial charge in [0.2, 0.25) is 0 Å². The number of nitrogen functional groups attached to an aromatic ring is 1. The summed E-state index contributed by atoms with van der Waals surface area (Å²) in [5.41, 5.74) is 7.53. The Hall–Kier alpha value is -2.56. The predicted molar refractivity (Wildman–Crippen MR) is 69.4 cm³/mol. The second-order valence-electron chi connectivity index (χ2n) is 3.93. The van der Waals surface area contributed by atoms with Crippen LogP contribution < -0.4 is 11.1 Å². The quantitative estimate of drug-likeness (QED) is 0.752. The Morgan fingerprint density at radius 3 is 2.61 bits per heavy atom. The number of carbonyl (C=O) groups is 1. The van der Waals surface area contributed by atoms with E-state index in [1.165, 1.54) is 30.5 Å². The van der Waals surface area contributed by atoms with E-state index >= 15 is 0 Å². The summed E-state index contributed by atoms with van der Waals surface area (Å²) < 4.78 is 0. The molecule has 0 bridgehead atoms. The fraction of sp³-hybridized carbons (Fsp3) is 0.0769. The standard InChI is InChI=1S/C13H13N3O2/c1-8-6-12(15-7-11(8)14)16-13(18)9-2-4-10(17)5-3-9/h2-7,17H,14H2,1H3,(H,15,16,18). The minimum atomic E-state index is -0.285. The van der Waals surface area contributed by atoms with E-state index in [2.05, 4.69) is 10.3 Å². The Labute approximate surface area is 104 Å². The number of aryl methyl sites for hydroxylation is 1. The molecule has 0 aliphatic carbocycles. The molecule has 92 valence electrons. The van der Waals surface area contributed by atoms with Gasteiger partial charge in [0, 0.05) is 5.56 Å². The molecule has 5 nitrogen and oxygen atoms in total. The fourth-order valence-corrected chi connectivity index (χ4v) is 1.44. The number of rotatable bonds is 2. The van der Waals surface area contributed by atoms with Crippen molar-refractivity contribution in [3.63, 3.8) is 0 Å². The van der Waals surface area contributed by atoms with Crippen molar-refractivity contribution in [1.29, 1.82) is 0 Å². The van der Waals surface area contributed by atoms with E-state index in [9.17, 15) is 4.79 Å². The van der Waals surface area contributed by atoms with Gasteiger partial charge in [0.15, 0.2) is 0 Å². The van der Waals surface area contributed by atoms with Gasteiger partial charge in [0.05, 0.1) is 11.9 Å². The number of nitrogens with two attached hydrogens (primary N) is 1. The Bertz CT molecular complexity index is 579. The lowest BCUT2D eigenvalue weighted by molar-refractivity contribution is 0.102. The van der Waals surface area contributed by atoms with Crippen LogP contribution in [0.15, 0.2) is 36.5 Å². The van der Waals surface area contributed by atoms with Gasteiger partial charge in [-0.3, -0.25) is 4.79 Å². The van der Waals surface area contributed by atoms with Crippen LogP contribution in [0.5, 0.6) is 5.75 Å². The van der Waals surface area contributed by atoms with Gasteiger partial charge >= 0.3 is 0 Å². The first-order valence-electron chi connectivity index (χ1n) is 5.39. The van der Waals surface area contributed by atoms with Gasteiger partial charge in [-0.25, -0.2) is 4.98 Å². The zero-order valence-corrected chi connectivity index (χ0v) is 9.84. The highest BCUT2D eigenvalue weighted by Crippen LogP contribution is 2.15. The van der Waals surface area contributed by atoms with E-state index in [0.29, 0.717) is 17.1 Å². The molecule has 0 atom stereocenters. The van der Waals surface area contributed by atoms with E-state index in [-0.39, 0.29) is 11.7 Å². The third-order valence-electron chi connectivity index (χ3n) is 2.52. The summed E-state index contributed by atoms with van der Waals surface area (Å²) in [5.74, 6) is 0.277. The first-order chi connectivity index (χ1) is 8.56. The number of benzene rings is 1. The Balaban J connectivity index is 2.16. The van der Waals surface area contributed by atoms with Gasteiger partial charge in [-0.15, -0.1) is 0 Å². The lowest BCUT2D eigenvalue weighted by Gasteiger charge is -2.06. The number of phenols is 1. The number of amides is 1. The normalized spacial score (nSPS) is 10.1. The van der Waals surface area contributed by atoms with Crippen LogP contribution in [0.2, 0.25) is 0 Å². The van der Waals surface area contributed by atoms with Gasteiger partial charge in [0.25, 0.3) is 5.91 Å². The molecule has 0 radical (unpaired) electrons. The summed E-state index contributed by atoms with van der Waals surface area (Å²) in [6.45, 7) is 1.84. The number of aromatic nitrogens is 1. The summed E-state index contributed by atoms with van der Waals surface area (Å²) >= 11 is 0. The largest absolute Gasteiger partial charge is 0.508 e. The number of pyridine rings is 1. The molecule has 2 rings (SSSR count). The summed E-state index contributed by atoms with van der Waals surface area (Å²) in [6.07, 6.45) is 1.50. The van der Waals surface area contributed by atoms with E-state index < -0.39 is 0 Å². The summed E-state index contributed by atoms with van der Waals surface area (Å²) in [5, 5.41) is 11.8. The molecule has 1 heterocycles. The van der Waals surface area contributed by atoms with Crippen molar-refractivity contribution in [2.24, 2.45) is 0 Å². The van der Waals surface area contributed by atoms with Crippen molar-refractivity contribution in [3.8, 4) is 5.75 Å². The summed E-state index contributed by atoms with van der Waals surface area (Å²) in [6, 6.07) is 7.68. The number of nitrogens with zero attached hydrogens (tertiary/aromatic N) is 1. The monoisotopic (exact) mass is 243 g/mol. The van der Waals surface area contributed by atoms with Crippen LogP contribution in [0.1, 0.15) is 15.9 Å². The van der Waals surface area contributed by atoms with Crippen molar-refractivity contribution >= 4 is 17.4 Å². The van der Waals surface area contributed by atoms with E-state index in [1.807, 2.05) is 6.92 Å². The van der Waals surface area contributed by atoms with Crippen molar-refractivity contribution in [1.82, 2.24) is 4.98 Å². The predicted octanol–water partition coefficient (Wildman–Crippen LogP) is 1.93. The second-order valence-corrected chi connectivity index (χ2v) is 3.93. The van der Waals surface area contributed by atoms with Crippen LogP contribution in [0.4, 0.5) is 11.5 Å². The summed E-state index contributed by atoms with van der Waals surface area (Å²) in [7, 11) is 0. The number of aromatic hydroxyl groups is 1. The first kappa shape index (κ1) is 11.9. The SMILES string of the molecule is Cc1cc(NC(=O)c2ccc(O)cc2)ncc1N. The maximum Gasteiger partial charge on any atom is 0.256 e. The van der Waals surface area contributed by atoms with Crippen LogP contribution in [0.3, 0.4) is 0 Å². The average Bonchev–Trinajstić information content (AvgIpc) is 2.34. The van der Waals surface area contributed by atoms with Crippen molar-refractivity contribution in [2.45, 2.75) is 6.92 Å². The minimum absolute atomic E-state index is 0.119. The molecule has 0 fully saturated rings. The molecule has 0 spiro atoms. The van der Waals surface area contributed by atoms with Crippen LogP contribution in [-0.4, -0.2) is 16.0 Å². The number of nitrogens with one attached hydrogen (secondary N) is 1. The molecule has 0 unspecified atom stereocenters. The number of carbonyl (C=O) groups excluding carboxylic acids is 1. The summed E-state index contributed by atoms with van der Waals surface area (Å²) in [4.78, 5) is 15.9. The topological polar surface area (TPSA) is 88.2 Å². The first-order valence-corrected chi connectivity index (χ1v) is 5.39. The van der Waals surface area contributed by atoms with Gasteiger partial charge < -0.3 is 16.2 Å². The van der Waals surface area contributed by atoms with E-state index in [1.54, 1.807) is 6.07 Å². The van der Waals surface area contributed by atoms with Gasteiger partial charge in [-0.2, -0.15) is 0 Å². The average molecular weight is 243 g/mol. The second kappa shape index (κ2) is 4.75. The van der Waals surface area contributed by atoms with E-state index in [0.717, 1.165) is 5.56 Å². The van der Waals surface area contributed by atoms with E-state index in [4.69, 9.17) is 10.8 Å². The highest BCUT2D eigenvalue weighted by molar-refractivity contribution is 6.03. The third kappa shape index (κ3) is 2.57. The Kier molecular flexibility index (Phi) is 3.14. The smallest absolute Gasteiger partial charge is 0.256 e. The van der Waals surface area contributed by atoms with Crippen LogP contribution >= 0.6 is 0 Å². The molecule has 18 heavy (non-hydrogen) atoms. The Morgan fingerprint density at radius 2 is 2.00 bits per heavy atom. The molecule has 0 aliphatic heterocycles. The maximum atomic E-state index is 11.9. The molecular weight excluding hydrogens is 230 g/mol. The number of anilines is 2. The zero-order valence-electron chi connectivity index (χ0n) is 9.84. The number of hydrogen-bond acceptors (Lipinski definition) is 4. The Morgan fingerprint density at radius 1 is 1.33 bits per heavy atom. The maximum absolute atomic E-state index is 11.9. The van der Waals surface area contributed by atoms with Crippen molar-refractivity contribution < 1.29 is 9.90 Å². The molecular formula is C13H13N3O2. The molecule has 5 heteroatoms. The molecule has 0 aliphatic rings. The number of hydrogen-bond donors (Lipinski definition) is 3. The van der Waals surface area contributed by atoms with Crippen LogP contribution in [0.25, 0.3) is 0 Å². The molecule has 1 amide bonds. The van der Waals surface area contributed by atoms with Gasteiger partial charge in [-0.05, 0) is 42.8 Å². The molecule has 2 aromatic rings. The van der Waals surface area contributed by atoms with Crippen molar-refractivity contribution in [3.05, 3.63) is 47.7 Å². The highest BCUT2D eigenvalue weighted by atomic mass is 16.3. The molecule has 1 aromatic heterocycles. The van der Waals surface area contributed by atoms with Crippen LogP contribution in [-0.2, 0) is 0 Å².